The van der Waals surface area contributed by atoms with Crippen molar-refractivity contribution in [3.8, 4) is 11.3 Å². The summed E-state index contributed by atoms with van der Waals surface area (Å²) in [7, 11) is 0. The number of nitrogen functional groups attached to an aromatic ring is 3. The minimum atomic E-state index is -0.178. The molecule has 0 bridgehead atoms. The first-order valence-corrected chi connectivity index (χ1v) is 11.7. The second-order valence-corrected chi connectivity index (χ2v) is 8.89. The molecule has 182 valence electrons. The average molecular weight is 474 g/mol. The van der Waals surface area contributed by atoms with Gasteiger partial charge in [-0.25, -0.2) is 0 Å². The third-order valence-corrected chi connectivity index (χ3v) is 6.23. The minimum absolute atomic E-state index is 0.00205. The van der Waals surface area contributed by atoms with Crippen molar-refractivity contribution >= 4 is 28.8 Å². The van der Waals surface area contributed by atoms with Crippen molar-refractivity contribution in [1.82, 2.24) is 9.88 Å². The molecule has 1 saturated carbocycles. The molecule has 1 fully saturated rings. The van der Waals surface area contributed by atoms with Gasteiger partial charge in [0.2, 0.25) is 5.91 Å². The Bertz CT molecular complexity index is 1270. The molecule has 0 aliphatic heterocycles. The van der Waals surface area contributed by atoms with Crippen LogP contribution in [-0.4, -0.2) is 22.4 Å². The number of hydrogen-bond acceptors (Lipinski definition) is 6. The molecule has 0 radical (unpaired) electrons. The summed E-state index contributed by atoms with van der Waals surface area (Å²) < 4.78 is 1.61. The number of benzene rings is 2. The molecular weight excluding hydrogens is 442 g/mol. The van der Waals surface area contributed by atoms with E-state index in [0.29, 0.717) is 40.9 Å². The number of nitrogens with zero attached hydrogens (tertiary/aromatic N) is 1. The Balaban J connectivity index is 1.51. The topological polar surface area (TPSA) is 165 Å². The SMILES string of the molecule is N=C(N)c1ccc(CNC(=O)CCn2c(-c3cc(N)cc(N)c3)ccc(NC3CCC3)c2=O)cc1. The molecule has 0 saturated heterocycles. The molecule has 35 heavy (non-hydrogen) atoms. The predicted octanol–water partition coefficient (Wildman–Crippen LogP) is 2.63. The van der Waals surface area contributed by atoms with Crippen LogP contribution in [0.15, 0.2) is 59.4 Å². The van der Waals surface area contributed by atoms with Gasteiger partial charge in [0, 0.05) is 48.1 Å². The highest BCUT2D eigenvalue weighted by atomic mass is 16.2. The van der Waals surface area contributed by atoms with E-state index in [1.165, 1.54) is 0 Å². The first kappa shape index (κ1) is 23.9. The van der Waals surface area contributed by atoms with Gasteiger partial charge in [-0.1, -0.05) is 24.3 Å². The third-order valence-electron chi connectivity index (χ3n) is 6.23. The largest absolute Gasteiger partial charge is 0.399 e. The van der Waals surface area contributed by atoms with Gasteiger partial charge in [0.15, 0.2) is 0 Å². The zero-order chi connectivity index (χ0) is 24.9. The van der Waals surface area contributed by atoms with Crippen LogP contribution in [0.1, 0.15) is 36.8 Å². The summed E-state index contributed by atoms with van der Waals surface area (Å²) in [5.41, 5.74) is 21.7. The third kappa shape index (κ3) is 5.81. The molecule has 9 nitrogen and oxygen atoms in total. The molecular formula is C26H31N7O2. The predicted molar refractivity (Wildman–Crippen MR) is 140 cm³/mol. The van der Waals surface area contributed by atoms with Crippen molar-refractivity contribution < 1.29 is 4.79 Å². The molecule has 2 aromatic carbocycles. The van der Waals surface area contributed by atoms with Gasteiger partial charge < -0.3 is 32.4 Å². The van der Waals surface area contributed by atoms with Gasteiger partial charge in [-0.05, 0) is 55.2 Å². The highest BCUT2D eigenvalue weighted by molar-refractivity contribution is 5.94. The summed E-state index contributed by atoms with van der Waals surface area (Å²) in [6, 6.07) is 16.3. The van der Waals surface area contributed by atoms with Crippen LogP contribution in [-0.2, 0) is 17.9 Å². The van der Waals surface area contributed by atoms with E-state index in [2.05, 4.69) is 10.6 Å². The number of nitrogens with two attached hydrogens (primary N) is 3. The van der Waals surface area contributed by atoms with E-state index in [9.17, 15) is 9.59 Å². The highest BCUT2D eigenvalue weighted by Crippen LogP contribution is 2.26. The lowest BCUT2D eigenvalue weighted by Gasteiger charge is -2.27. The fraction of sp³-hybridized carbons (Fsp3) is 0.269. The average Bonchev–Trinajstić information content (AvgIpc) is 2.79. The van der Waals surface area contributed by atoms with Gasteiger partial charge in [0.25, 0.3) is 5.56 Å². The maximum absolute atomic E-state index is 13.4. The summed E-state index contributed by atoms with van der Waals surface area (Å²) in [6.45, 7) is 0.548. The molecule has 1 amide bonds. The van der Waals surface area contributed by atoms with Gasteiger partial charge >= 0.3 is 0 Å². The summed E-state index contributed by atoms with van der Waals surface area (Å²) in [5, 5.41) is 13.7. The van der Waals surface area contributed by atoms with Gasteiger partial charge in [-0.15, -0.1) is 0 Å². The number of amidine groups is 1. The zero-order valence-corrected chi connectivity index (χ0v) is 19.5. The lowest BCUT2D eigenvalue weighted by Crippen LogP contribution is -2.33. The monoisotopic (exact) mass is 473 g/mol. The summed E-state index contributed by atoms with van der Waals surface area (Å²) in [5.74, 6) is -0.180. The van der Waals surface area contributed by atoms with Crippen molar-refractivity contribution in [1.29, 1.82) is 5.41 Å². The molecule has 1 aliphatic rings. The smallest absolute Gasteiger partial charge is 0.274 e. The number of pyridine rings is 1. The first-order chi connectivity index (χ1) is 16.8. The standard InChI is InChI=1S/C26H31N7O2/c27-19-12-18(13-20(28)14-19)23-9-8-22(32-21-2-1-3-21)26(35)33(23)11-10-24(34)31-15-16-4-6-17(7-5-16)25(29)30/h4-9,12-14,21,32H,1-3,10-11,15,27-28H2,(H3,29,30)(H,31,34). The van der Waals surface area contributed by atoms with Crippen molar-refractivity contribution in [2.75, 3.05) is 16.8 Å². The van der Waals surface area contributed by atoms with Crippen molar-refractivity contribution in [3.05, 3.63) is 76.1 Å². The van der Waals surface area contributed by atoms with Crippen LogP contribution < -0.4 is 33.4 Å². The normalized spacial score (nSPS) is 13.1. The van der Waals surface area contributed by atoms with Gasteiger partial charge in [-0.2, -0.15) is 0 Å². The zero-order valence-electron chi connectivity index (χ0n) is 19.5. The van der Waals surface area contributed by atoms with E-state index < -0.39 is 0 Å². The number of rotatable bonds is 9. The van der Waals surface area contributed by atoms with Crippen LogP contribution in [0, 0.1) is 5.41 Å². The van der Waals surface area contributed by atoms with Crippen LogP contribution in [0.3, 0.4) is 0 Å². The Morgan fingerprint density at radius 3 is 2.31 bits per heavy atom. The van der Waals surface area contributed by atoms with E-state index in [1.54, 1.807) is 41.0 Å². The fourth-order valence-corrected chi connectivity index (χ4v) is 4.06. The van der Waals surface area contributed by atoms with Gasteiger partial charge in [-0.3, -0.25) is 15.0 Å². The number of amides is 1. The van der Waals surface area contributed by atoms with Crippen molar-refractivity contribution in [2.24, 2.45) is 5.73 Å². The van der Waals surface area contributed by atoms with Gasteiger partial charge in [0.1, 0.15) is 11.5 Å². The quantitative estimate of drug-likeness (QED) is 0.159. The van der Waals surface area contributed by atoms with E-state index in [4.69, 9.17) is 22.6 Å². The number of anilines is 3. The molecule has 1 aromatic heterocycles. The Hall–Kier alpha value is -4.27. The van der Waals surface area contributed by atoms with E-state index in [0.717, 1.165) is 30.4 Å². The second-order valence-electron chi connectivity index (χ2n) is 8.89. The fourth-order valence-electron chi connectivity index (χ4n) is 4.06. The van der Waals surface area contributed by atoms with Crippen LogP contribution in [0.5, 0.6) is 0 Å². The second kappa shape index (κ2) is 10.3. The lowest BCUT2D eigenvalue weighted by atomic mass is 9.93. The Kier molecular flexibility index (Phi) is 7.05. The van der Waals surface area contributed by atoms with E-state index in [1.807, 2.05) is 18.2 Å². The number of carbonyl (C=O) groups is 1. The Labute approximate surface area is 203 Å². The Morgan fingerprint density at radius 2 is 1.71 bits per heavy atom. The summed E-state index contributed by atoms with van der Waals surface area (Å²) in [6.07, 6.45) is 3.37. The van der Waals surface area contributed by atoms with Crippen LogP contribution >= 0.6 is 0 Å². The van der Waals surface area contributed by atoms with Gasteiger partial charge in [0.05, 0.1) is 5.69 Å². The molecule has 0 atom stereocenters. The molecule has 0 unspecified atom stereocenters. The number of nitrogens with one attached hydrogen (secondary N) is 3. The summed E-state index contributed by atoms with van der Waals surface area (Å²) >= 11 is 0. The molecule has 3 aromatic rings. The van der Waals surface area contributed by atoms with Crippen LogP contribution in [0.4, 0.5) is 17.1 Å². The molecule has 9 N–H and O–H groups in total. The number of hydrogen-bond donors (Lipinski definition) is 6. The minimum Gasteiger partial charge on any atom is -0.399 e. The molecule has 9 heteroatoms. The molecule has 1 heterocycles. The summed E-state index contributed by atoms with van der Waals surface area (Å²) in [4.78, 5) is 26.0. The van der Waals surface area contributed by atoms with Crippen LogP contribution in [0.2, 0.25) is 0 Å². The van der Waals surface area contributed by atoms with Crippen LogP contribution in [0.25, 0.3) is 11.3 Å². The highest BCUT2D eigenvalue weighted by Gasteiger charge is 2.20. The molecule has 0 spiro atoms. The maximum atomic E-state index is 13.4. The number of carbonyl (C=O) groups excluding carboxylic acids is 1. The van der Waals surface area contributed by atoms with Crippen molar-refractivity contribution in [2.45, 2.75) is 44.8 Å². The Morgan fingerprint density at radius 1 is 1.03 bits per heavy atom. The van der Waals surface area contributed by atoms with E-state index >= 15 is 0 Å². The molecule has 4 rings (SSSR count). The van der Waals surface area contributed by atoms with E-state index in [-0.39, 0.29) is 30.3 Å². The first-order valence-electron chi connectivity index (χ1n) is 11.7. The maximum Gasteiger partial charge on any atom is 0.274 e. The lowest BCUT2D eigenvalue weighted by molar-refractivity contribution is -0.121. The molecule has 1 aliphatic carbocycles. The number of aromatic nitrogens is 1. The van der Waals surface area contributed by atoms with Crippen molar-refractivity contribution in [3.63, 3.8) is 0 Å².